The van der Waals surface area contributed by atoms with Crippen LogP contribution in [0.3, 0.4) is 0 Å². The lowest BCUT2D eigenvalue weighted by Crippen LogP contribution is -2.10. The van der Waals surface area contributed by atoms with Crippen LogP contribution >= 0.6 is 27.7 Å². The zero-order chi connectivity index (χ0) is 13.8. The highest BCUT2D eigenvalue weighted by molar-refractivity contribution is 9.10. The topological polar surface area (TPSA) is 73.9 Å². The Labute approximate surface area is 124 Å². The van der Waals surface area contributed by atoms with Crippen LogP contribution in [0.4, 0.5) is 5.95 Å². The highest BCUT2D eigenvalue weighted by Gasteiger charge is 2.08. The summed E-state index contributed by atoms with van der Waals surface area (Å²) in [4.78, 5) is 13.3. The fourth-order valence-electron chi connectivity index (χ4n) is 1.27. The monoisotopic (exact) mass is 340 g/mol. The van der Waals surface area contributed by atoms with E-state index in [9.17, 15) is 0 Å². The summed E-state index contributed by atoms with van der Waals surface area (Å²) < 4.78 is 6.45. The van der Waals surface area contributed by atoms with Crippen LogP contribution < -0.4 is 10.5 Å². The second-order valence-corrected chi connectivity index (χ2v) is 5.94. The van der Waals surface area contributed by atoms with Gasteiger partial charge in [-0.1, -0.05) is 15.9 Å². The third-order valence-corrected chi connectivity index (χ3v) is 3.38. The number of hydrogen-bond donors (Lipinski definition) is 1. The molecule has 19 heavy (non-hydrogen) atoms. The maximum absolute atomic E-state index is 5.65. The lowest BCUT2D eigenvalue weighted by molar-refractivity contribution is 0.219. The molecule has 2 rings (SSSR count). The number of nitrogens with zero attached hydrogens (tertiary/aromatic N) is 3. The Hall–Kier alpha value is -1.34. The van der Waals surface area contributed by atoms with E-state index in [-0.39, 0.29) is 18.1 Å². The number of aromatic nitrogens is 3. The average Bonchev–Trinajstić information content (AvgIpc) is 2.30. The molecule has 7 heteroatoms. The summed E-state index contributed by atoms with van der Waals surface area (Å²) in [5.41, 5.74) is 5.65. The number of benzene rings is 1. The van der Waals surface area contributed by atoms with Gasteiger partial charge in [0.1, 0.15) is 0 Å². The van der Waals surface area contributed by atoms with Crippen molar-refractivity contribution in [3.8, 4) is 6.01 Å². The van der Waals surface area contributed by atoms with Gasteiger partial charge in [-0.05, 0) is 49.9 Å². The lowest BCUT2D eigenvalue weighted by Gasteiger charge is -2.08. The molecule has 0 radical (unpaired) electrons. The van der Waals surface area contributed by atoms with Crippen LogP contribution in [0.1, 0.15) is 13.8 Å². The summed E-state index contributed by atoms with van der Waals surface area (Å²) in [6.07, 6.45) is -0.00710. The molecule has 1 aromatic carbocycles. The highest BCUT2D eigenvalue weighted by Crippen LogP contribution is 2.27. The smallest absolute Gasteiger partial charge is 0.322 e. The van der Waals surface area contributed by atoms with Crippen molar-refractivity contribution >= 4 is 33.6 Å². The summed E-state index contributed by atoms with van der Waals surface area (Å²) in [5, 5.41) is 0.519. The molecule has 0 fully saturated rings. The molecular weight excluding hydrogens is 328 g/mol. The van der Waals surface area contributed by atoms with Gasteiger partial charge in [-0.25, -0.2) is 0 Å². The van der Waals surface area contributed by atoms with Crippen molar-refractivity contribution in [1.82, 2.24) is 15.0 Å². The number of halogens is 1. The van der Waals surface area contributed by atoms with Crippen LogP contribution in [-0.4, -0.2) is 21.1 Å². The van der Waals surface area contributed by atoms with Gasteiger partial charge in [0.2, 0.25) is 11.1 Å². The van der Waals surface area contributed by atoms with Gasteiger partial charge in [0, 0.05) is 9.37 Å². The Morgan fingerprint density at radius 1 is 1.16 bits per heavy atom. The van der Waals surface area contributed by atoms with E-state index in [4.69, 9.17) is 10.5 Å². The van der Waals surface area contributed by atoms with E-state index in [0.29, 0.717) is 5.16 Å². The first kappa shape index (κ1) is 14.1. The number of hydrogen-bond acceptors (Lipinski definition) is 6. The molecule has 2 aromatic rings. The van der Waals surface area contributed by atoms with Gasteiger partial charge in [-0.15, -0.1) is 0 Å². The normalized spacial score (nSPS) is 10.7. The number of anilines is 1. The Morgan fingerprint density at radius 3 is 2.47 bits per heavy atom. The van der Waals surface area contributed by atoms with Crippen molar-refractivity contribution in [1.29, 1.82) is 0 Å². The Kier molecular flexibility index (Phi) is 4.60. The minimum Gasteiger partial charge on any atom is -0.461 e. The molecular formula is C12H13BrN4OS. The van der Waals surface area contributed by atoms with E-state index in [2.05, 4.69) is 30.9 Å². The molecule has 0 amide bonds. The van der Waals surface area contributed by atoms with Crippen molar-refractivity contribution in [2.45, 2.75) is 30.0 Å². The zero-order valence-electron chi connectivity index (χ0n) is 10.5. The Balaban J connectivity index is 2.19. The van der Waals surface area contributed by atoms with E-state index in [1.165, 1.54) is 11.8 Å². The third-order valence-electron chi connectivity index (χ3n) is 1.98. The van der Waals surface area contributed by atoms with Gasteiger partial charge >= 0.3 is 6.01 Å². The number of rotatable bonds is 4. The van der Waals surface area contributed by atoms with Crippen LogP contribution in [0.25, 0.3) is 0 Å². The maximum Gasteiger partial charge on any atom is 0.322 e. The first-order valence-corrected chi connectivity index (χ1v) is 7.25. The van der Waals surface area contributed by atoms with Gasteiger partial charge in [-0.2, -0.15) is 15.0 Å². The van der Waals surface area contributed by atoms with E-state index < -0.39 is 0 Å². The fourth-order valence-corrected chi connectivity index (χ4v) is 2.28. The predicted molar refractivity (Wildman–Crippen MR) is 78.3 cm³/mol. The summed E-state index contributed by atoms with van der Waals surface area (Å²) in [7, 11) is 0. The SMILES string of the molecule is CC(C)Oc1nc(N)nc(Sc2ccc(Br)cc2)n1. The van der Waals surface area contributed by atoms with Crippen LogP contribution in [-0.2, 0) is 0 Å². The number of ether oxygens (including phenoxy) is 1. The first-order valence-electron chi connectivity index (χ1n) is 5.64. The highest BCUT2D eigenvalue weighted by atomic mass is 79.9. The van der Waals surface area contributed by atoms with Gasteiger partial charge in [0.15, 0.2) is 0 Å². The molecule has 0 aliphatic carbocycles. The third kappa shape index (κ3) is 4.36. The fraction of sp³-hybridized carbons (Fsp3) is 0.250. The summed E-state index contributed by atoms with van der Waals surface area (Å²) in [6, 6.07) is 8.11. The molecule has 0 aliphatic heterocycles. The molecule has 0 atom stereocenters. The predicted octanol–water partition coefficient (Wildman–Crippen LogP) is 3.15. The van der Waals surface area contributed by atoms with Gasteiger partial charge in [0.25, 0.3) is 0 Å². The van der Waals surface area contributed by atoms with Crippen molar-refractivity contribution < 1.29 is 4.74 Å². The summed E-state index contributed by atoms with van der Waals surface area (Å²) >= 11 is 4.80. The van der Waals surface area contributed by atoms with Crippen LogP contribution in [0.5, 0.6) is 6.01 Å². The molecule has 0 saturated heterocycles. The molecule has 0 bridgehead atoms. The quantitative estimate of drug-likeness (QED) is 0.921. The van der Waals surface area contributed by atoms with Crippen molar-refractivity contribution in [2.75, 3.05) is 5.73 Å². The molecule has 1 aromatic heterocycles. The van der Waals surface area contributed by atoms with E-state index in [1.807, 2.05) is 38.1 Å². The largest absolute Gasteiger partial charge is 0.461 e. The summed E-state index contributed by atoms with van der Waals surface area (Å²) in [6.45, 7) is 3.81. The average molecular weight is 341 g/mol. The van der Waals surface area contributed by atoms with Gasteiger partial charge < -0.3 is 10.5 Å². The van der Waals surface area contributed by atoms with Crippen molar-refractivity contribution in [3.05, 3.63) is 28.7 Å². The molecule has 5 nitrogen and oxygen atoms in total. The van der Waals surface area contributed by atoms with Crippen LogP contribution in [0.15, 0.2) is 38.8 Å². The molecule has 0 aliphatic rings. The van der Waals surface area contributed by atoms with Gasteiger partial charge in [-0.3, -0.25) is 0 Å². The molecule has 0 spiro atoms. The van der Waals surface area contributed by atoms with E-state index in [0.717, 1.165) is 9.37 Å². The van der Waals surface area contributed by atoms with Gasteiger partial charge in [0.05, 0.1) is 6.10 Å². The minimum atomic E-state index is -0.00710. The molecule has 0 unspecified atom stereocenters. The van der Waals surface area contributed by atoms with E-state index >= 15 is 0 Å². The van der Waals surface area contributed by atoms with E-state index in [1.54, 1.807) is 0 Å². The van der Waals surface area contributed by atoms with Crippen LogP contribution in [0, 0.1) is 0 Å². The second kappa shape index (κ2) is 6.21. The van der Waals surface area contributed by atoms with Crippen molar-refractivity contribution in [2.24, 2.45) is 0 Å². The second-order valence-electron chi connectivity index (χ2n) is 3.98. The Bertz CT molecular complexity index is 562. The molecule has 100 valence electrons. The minimum absolute atomic E-state index is 0.00710. The maximum atomic E-state index is 5.65. The van der Waals surface area contributed by atoms with Crippen LogP contribution in [0.2, 0.25) is 0 Å². The molecule has 1 heterocycles. The zero-order valence-corrected chi connectivity index (χ0v) is 12.9. The number of nitrogens with two attached hydrogens (primary N) is 1. The number of nitrogen functional groups attached to an aromatic ring is 1. The molecule has 0 saturated carbocycles. The first-order chi connectivity index (χ1) is 9.02. The molecule has 2 N–H and O–H groups in total. The van der Waals surface area contributed by atoms with Crippen molar-refractivity contribution in [3.63, 3.8) is 0 Å². The Morgan fingerprint density at radius 2 is 1.84 bits per heavy atom. The lowest BCUT2D eigenvalue weighted by atomic mass is 10.4. The summed E-state index contributed by atoms with van der Waals surface area (Å²) in [5.74, 6) is 0.158. The standard InChI is InChI=1S/C12H13BrN4OS/c1-7(2)18-11-15-10(14)16-12(17-11)19-9-5-3-8(13)4-6-9/h3-7H,1-2H3,(H2,14,15,16,17).